The fraction of sp³-hybridized carbons (Fsp3) is 1.00. The van der Waals surface area contributed by atoms with Crippen LogP contribution in [0.15, 0.2) is 0 Å². The second-order valence-corrected chi connectivity index (χ2v) is 6.36. The summed E-state index contributed by atoms with van der Waals surface area (Å²) in [7, 11) is 0. The minimum Gasteiger partial charge on any atom is -0.391 e. The summed E-state index contributed by atoms with van der Waals surface area (Å²) in [6, 6.07) is 0. The summed E-state index contributed by atoms with van der Waals surface area (Å²) >= 11 is 0. The van der Waals surface area contributed by atoms with Gasteiger partial charge in [0.1, 0.15) is 0 Å². The van der Waals surface area contributed by atoms with E-state index in [-0.39, 0.29) is 17.1 Å². The predicted octanol–water partition coefficient (Wildman–Crippen LogP) is 3.23. The van der Waals surface area contributed by atoms with Gasteiger partial charge in [-0.2, -0.15) is 0 Å². The molecule has 0 aliphatic carbocycles. The number of hydrogen-bond donors (Lipinski definition) is 1. The van der Waals surface area contributed by atoms with Gasteiger partial charge in [-0.1, -0.05) is 34.6 Å². The Hall–Kier alpha value is -0.0800. The van der Waals surface area contributed by atoms with E-state index in [1.165, 1.54) is 0 Å². The maximum absolute atomic E-state index is 9.27. The molecule has 0 aromatic rings. The molecular weight excluding hydrogens is 188 g/mol. The highest BCUT2D eigenvalue weighted by molar-refractivity contribution is 4.84. The molecule has 2 nitrogen and oxygen atoms in total. The molecule has 0 heterocycles. The quantitative estimate of drug-likeness (QED) is 0.764. The number of hydrogen-bond acceptors (Lipinski definition) is 2. The Morgan fingerprint density at radius 1 is 1.07 bits per heavy atom. The lowest BCUT2D eigenvalue weighted by Gasteiger charge is -2.39. The van der Waals surface area contributed by atoms with Crippen LogP contribution in [0.3, 0.4) is 0 Å². The van der Waals surface area contributed by atoms with Crippen LogP contribution in [0.4, 0.5) is 0 Å². The van der Waals surface area contributed by atoms with Gasteiger partial charge in [0.2, 0.25) is 0 Å². The second kappa shape index (κ2) is 5.31. The molecule has 0 aromatic carbocycles. The van der Waals surface area contributed by atoms with Crippen LogP contribution in [0.25, 0.3) is 0 Å². The maximum atomic E-state index is 9.27. The Balaban J connectivity index is 4.46. The highest BCUT2D eigenvalue weighted by Crippen LogP contribution is 2.35. The summed E-state index contributed by atoms with van der Waals surface area (Å²) in [5.41, 5.74) is 0.104. The first-order valence-corrected chi connectivity index (χ1v) is 5.89. The minimum absolute atomic E-state index is 0.144. The molecule has 0 saturated heterocycles. The molecule has 0 bridgehead atoms. The minimum atomic E-state index is -0.386. The van der Waals surface area contributed by atoms with Crippen LogP contribution in [0.5, 0.6) is 0 Å². The third kappa shape index (κ3) is 6.16. The largest absolute Gasteiger partial charge is 0.391 e. The zero-order valence-corrected chi connectivity index (χ0v) is 11.4. The van der Waals surface area contributed by atoms with Crippen molar-refractivity contribution in [3.63, 3.8) is 0 Å². The highest BCUT2D eigenvalue weighted by atomic mass is 16.5. The molecule has 0 saturated carbocycles. The topological polar surface area (TPSA) is 29.5 Å². The van der Waals surface area contributed by atoms with Crippen molar-refractivity contribution in [3.8, 4) is 0 Å². The Kier molecular flexibility index (Phi) is 5.28. The first-order valence-electron chi connectivity index (χ1n) is 5.89. The molecule has 0 aromatic heterocycles. The van der Waals surface area contributed by atoms with E-state index in [1.807, 2.05) is 0 Å². The fourth-order valence-corrected chi connectivity index (χ4v) is 1.79. The number of aliphatic hydroxyl groups is 1. The van der Waals surface area contributed by atoms with Crippen molar-refractivity contribution in [2.45, 2.75) is 66.6 Å². The molecular formula is C13H28O2. The molecule has 2 heteroatoms. The lowest BCUT2D eigenvalue weighted by atomic mass is 9.77. The van der Waals surface area contributed by atoms with Crippen molar-refractivity contribution in [1.29, 1.82) is 0 Å². The summed E-state index contributed by atoms with van der Waals surface area (Å²) in [5.74, 6) is 0.454. The van der Waals surface area contributed by atoms with Gasteiger partial charge in [0.05, 0.1) is 18.3 Å². The third-order valence-electron chi connectivity index (χ3n) is 2.76. The average Bonchev–Trinajstić information content (AvgIpc) is 1.97. The van der Waals surface area contributed by atoms with Gasteiger partial charge in [0.25, 0.3) is 0 Å². The van der Waals surface area contributed by atoms with Crippen molar-refractivity contribution in [1.82, 2.24) is 0 Å². The molecule has 0 radical (unpaired) electrons. The van der Waals surface area contributed by atoms with Gasteiger partial charge < -0.3 is 9.84 Å². The van der Waals surface area contributed by atoms with Crippen LogP contribution in [0.1, 0.15) is 54.9 Å². The highest BCUT2D eigenvalue weighted by Gasteiger charge is 2.34. The van der Waals surface area contributed by atoms with E-state index in [0.717, 1.165) is 6.42 Å². The lowest BCUT2D eigenvalue weighted by molar-refractivity contribution is -0.110. The van der Waals surface area contributed by atoms with E-state index < -0.39 is 0 Å². The molecule has 2 atom stereocenters. The SMILES string of the molecule is CC(O)COC(C)(CC(C)(C)C)C(C)C. The van der Waals surface area contributed by atoms with Crippen molar-refractivity contribution < 1.29 is 9.84 Å². The molecule has 0 fully saturated rings. The van der Waals surface area contributed by atoms with Gasteiger partial charge in [-0.05, 0) is 31.6 Å². The Labute approximate surface area is 95.0 Å². The van der Waals surface area contributed by atoms with Crippen LogP contribution in [0.2, 0.25) is 0 Å². The molecule has 2 unspecified atom stereocenters. The van der Waals surface area contributed by atoms with Gasteiger partial charge in [0, 0.05) is 0 Å². The van der Waals surface area contributed by atoms with E-state index >= 15 is 0 Å². The van der Waals surface area contributed by atoms with E-state index in [1.54, 1.807) is 6.92 Å². The fourth-order valence-electron chi connectivity index (χ4n) is 1.79. The summed E-state index contributed by atoms with van der Waals surface area (Å²) < 4.78 is 5.88. The summed E-state index contributed by atoms with van der Waals surface area (Å²) in [6.45, 7) is 15.3. The first kappa shape index (κ1) is 14.9. The van der Waals surface area contributed by atoms with Crippen molar-refractivity contribution >= 4 is 0 Å². The zero-order chi connectivity index (χ0) is 12.3. The summed E-state index contributed by atoms with van der Waals surface area (Å²) in [4.78, 5) is 0. The second-order valence-electron chi connectivity index (χ2n) is 6.36. The molecule has 0 aliphatic heterocycles. The lowest BCUT2D eigenvalue weighted by Crippen LogP contribution is -2.40. The zero-order valence-electron chi connectivity index (χ0n) is 11.4. The monoisotopic (exact) mass is 216 g/mol. The molecule has 0 rings (SSSR count). The molecule has 1 N–H and O–H groups in total. The normalized spacial score (nSPS) is 19.0. The van der Waals surface area contributed by atoms with E-state index in [0.29, 0.717) is 12.5 Å². The summed E-state index contributed by atoms with van der Waals surface area (Å²) in [5, 5.41) is 9.27. The first-order chi connectivity index (χ1) is 6.57. The van der Waals surface area contributed by atoms with E-state index in [9.17, 15) is 5.11 Å². The number of aliphatic hydroxyl groups excluding tert-OH is 1. The van der Waals surface area contributed by atoms with Crippen molar-refractivity contribution in [2.24, 2.45) is 11.3 Å². The van der Waals surface area contributed by atoms with Crippen molar-refractivity contribution in [3.05, 3.63) is 0 Å². The van der Waals surface area contributed by atoms with E-state index in [4.69, 9.17) is 4.74 Å². The van der Waals surface area contributed by atoms with Gasteiger partial charge in [-0.3, -0.25) is 0 Å². The van der Waals surface area contributed by atoms with Crippen LogP contribution in [-0.2, 0) is 4.74 Å². The molecule has 0 amide bonds. The standard InChI is InChI=1S/C13H28O2/c1-10(2)13(7,9-12(4,5)6)15-8-11(3)14/h10-11,14H,8-9H2,1-7H3. The van der Waals surface area contributed by atoms with Crippen LogP contribution >= 0.6 is 0 Å². The smallest absolute Gasteiger partial charge is 0.0745 e. The van der Waals surface area contributed by atoms with Crippen LogP contribution in [-0.4, -0.2) is 23.4 Å². The maximum Gasteiger partial charge on any atom is 0.0745 e. The number of rotatable bonds is 5. The Morgan fingerprint density at radius 2 is 1.53 bits per heavy atom. The van der Waals surface area contributed by atoms with E-state index in [2.05, 4.69) is 41.5 Å². The van der Waals surface area contributed by atoms with Crippen LogP contribution < -0.4 is 0 Å². The van der Waals surface area contributed by atoms with Gasteiger partial charge in [0.15, 0.2) is 0 Å². The van der Waals surface area contributed by atoms with Gasteiger partial charge >= 0.3 is 0 Å². The van der Waals surface area contributed by atoms with Crippen molar-refractivity contribution in [2.75, 3.05) is 6.61 Å². The molecule has 15 heavy (non-hydrogen) atoms. The summed E-state index contributed by atoms with van der Waals surface area (Å²) in [6.07, 6.45) is 0.618. The predicted molar refractivity (Wildman–Crippen MR) is 64.9 cm³/mol. The van der Waals surface area contributed by atoms with Gasteiger partial charge in [-0.15, -0.1) is 0 Å². The number of ether oxygens (including phenoxy) is 1. The molecule has 92 valence electrons. The molecule has 0 aliphatic rings. The Morgan fingerprint density at radius 3 is 1.80 bits per heavy atom. The van der Waals surface area contributed by atoms with Crippen LogP contribution in [0, 0.1) is 11.3 Å². The Bertz CT molecular complexity index is 179. The van der Waals surface area contributed by atoms with Gasteiger partial charge in [-0.25, -0.2) is 0 Å². The molecule has 0 spiro atoms. The third-order valence-corrected chi connectivity index (χ3v) is 2.76. The average molecular weight is 216 g/mol.